The molecule has 2 rings (SSSR count). The van der Waals surface area contributed by atoms with Gasteiger partial charge in [-0.2, -0.15) is 0 Å². The van der Waals surface area contributed by atoms with E-state index in [4.69, 9.17) is 4.42 Å². The number of halogens is 1. The van der Waals surface area contributed by atoms with Gasteiger partial charge in [0.15, 0.2) is 4.67 Å². The van der Waals surface area contributed by atoms with Crippen LogP contribution in [0.4, 0.5) is 0 Å². The third kappa shape index (κ3) is 2.76. The van der Waals surface area contributed by atoms with Crippen molar-refractivity contribution >= 4 is 33.2 Å². The van der Waals surface area contributed by atoms with Crippen molar-refractivity contribution in [3.63, 3.8) is 0 Å². The van der Waals surface area contributed by atoms with Crippen molar-refractivity contribution in [3.8, 4) is 0 Å². The number of furan rings is 1. The number of thiazole rings is 1. The van der Waals surface area contributed by atoms with Crippen molar-refractivity contribution < 1.29 is 9.21 Å². The molecule has 2 heterocycles. The Morgan fingerprint density at radius 1 is 1.71 bits per heavy atom. The first-order valence-corrected chi connectivity index (χ1v) is 6.83. The van der Waals surface area contributed by atoms with E-state index in [9.17, 15) is 4.79 Å². The first-order valence-electron chi connectivity index (χ1n) is 5.15. The molecule has 1 N–H and O–H groups in total. The van der Waals surface area contributed by atoms with Gasteiger partial charge in [-0.05, 0) is 28.4 Å². The van der Waals surface area contributed by atoms with E-state index in [1.807, 2.05) is 12.3 Å². The minimum absolute atomic E-state index is 0.0516. The summed E-state index contributed by atoms with van der Waals surface area (Å²) in [6.07, 6.45) is 4.01. The number of hydrogen-bond donors (Lipinski definition) is 1. The fourth-order valence-electron chi connectivity index (χ4n) is 1.44. The second-order valence-electron chi connectivity index (χ2n) is 3.41. The topological polar surface area (TPSA) is 55.1 Å². The lowest BCUT2D eigenvalue weighted by Crippen LogP contribution is -2.27. The van der Waals surface area contributed by atoms with E-state index in [-0.39, 0.29) is 11.9 Å². The summed E-state index contributed by atoms with van der Waals surface area (Å²) in [5.41, 5.74) is 0.500. The van der Waals surface area contributed by atoms with Crippen molar-refractivity contribution in [2.45, 2.75) is 19.4 Å². The Bertz CT molecular complexity index is 495. The molecular weight excluding hydrogens is 304 g/mol. The fourth-order valence-corrected chi connectivity index (χ4v) is 2.63. The van der Waals surface area contributed by atoms with Crippen molar-refractivity contribution in [1.29, 1.82) is 0 Å². The molecule has 6 heteroatoms. The molecule has 2 aromatic rings. The fraction of sp³-hybridized carbons (Fsp3) is 0.273. The molecule has 4 nitrogen and oxygen atoms in total. The summed E-state index contributed by atoms with van der Waals surface area (Å²) < 4.78 is 5.48. The predicted octanol–water partition coefficient (Wildman–Crippen LogP) is 3.38. The van der Waals surface area contributed by atoms with Crippen LogP contribution in [0, 0.1) is 0 Å². The lowest BCUT2D eigenvalue weighted by atomic mass is 10.2. The van der Waals surface area contributed by atoms with Crippen LogP contribution in [-0.2, 0) is 0 Å². The largest absolute Gasteiger partial charge is 0.457 e. The standard InChI is InChI=1S/C11H11BrN2O2S/c1-2-8(11-13-4-6-17-11)14-10(15)7-3-5-16-9(7)12/h3-6,8H,2H2,1H3,(H,14,15). The molecule has 0 aliphatic carbocycles. The monoisotopic (exact) mass is 314 g/mol. The molecule has 1 amide bonds. The molecule has 17 heavy (non-hydrogen) atoms. The van der Waals surface area contributed by atoms with Gasteiger partial charge in [-0.3, -0.25) is 4.79 Å². The SMILES string of the molecule is CCC(NC(=O)c1ccoc1Br)c1nccs1. The normalized spacial score (nSPS) is 12.4. The second-order valence-corrected chi connectivity index (χ2v) is 5.06. The van der Waals surface area contributed by atoms with E-state index < -0.39 is 0 Å². The summed E-state index contributed by atoms with van der Waals surface area (Å²) in [4.78, 5) is 16.2. The maximum Gasteiger partial charge on any atom is 0.256 e. The number of hydrogen-bond acceptors (Lipinski definition) is 4. The first-order chi connectivity index (χ1) is 8.22. The van der Waals surface area contributed by atoms with E-state index in [1.54, 1.807) is 12.3 Å². The quantitative estimate of drug-likeness (QED) is 0.941. The lowest BCUT2D eigenvalue weighted by Gasteiger charge is -2.13. The Balaban J connectivity index is 2.10. The van der Waals surface area contributed by atoms with Gasteiger partial charge in [0.1, 0.15) is 5.01 Å². The third-order valence-corrected chi connectivity index (χ3v) is 3.83. The zero-order chi connectivity index (χ0) is 12.3. The smallest absolute Gasteiger partial charge is 0.256 e. The molecule has 1 atom stereocenters. The van der Waals surface area contributed by atoms with Crippen LogP contribution < -0.4 is 5.32 Å². The average Bonchev–Trinajstić information content (AvgIpc) is 2.96. The zero-order valence-corrected chi connectivity index (χ0v) is 11.5. The van der Waals surface area contributed by atoms with Gasteiger partial charge in [0, 0.05) is 11.6 Å². The Morgan fingerprint density at radius 2 is 2.53 bits per heavy atom. The van der Waals surface area contributed by atoms with Gasteiger partial charge >= 0.3 is 0 Å². The zero-order valence-electron chi connectivity index (χ0n) is 9.14. The van der Waals surface area contributed by atoms with Crippen LogP contribution >= 0.6 is 27.3 Å². The predicted molar refractivity (Wildman–Crippen MR) is 69.0 cm³/mol. The number of amides is 1. The number of carbonyl (C=O) groups is 1. The van der Waals surface area contributed by atoms with Crippen LogP contribution in [0.2, 0.25) is 0 Å². The average molecular weight is 315 g/mol. The molecule has 0 aliphatic rings. The van der Waals surface area contributed by atoms with Crippen LogP contribution in [0.15, 0.2) is 33.0 Å². The van der Waals surface area contributed by atoms with Crippen LogP contribution in [0.25, 0.3) is 0 Å². The van der Waals surface area contributed by atoms with Gasteiger partial charge < -0.3 is 9.73 Å². The lowest BCUT2D eigenvalue weighted by molar-refractivity contribution is 0.0934. The summed E-state index contributed by atoms with van der Waals surface area (Å²) in [7, 11) is 0. The number of carbonyl (C=O) groups excluding carboxylic acids is 1. The van der Waals surface area contributed by atoms with Crippen molar-refractivity contribution in [2.24, 2.45) is 0 Å². The molecule has 0 saturated heterocycles. The summed E-state index contributed by atoms with van der Waals surface area (Å²) in [6.45, 7) is 2.01. The van der Waals surface area contributed by atoms with E-state index in [1.165, 1.54) is 17.6 Å². The molecule has 90 valence electrons. The van der Waals surface area contributed by atoms with Gasteiger partial charge in [0.05, 0.1) is 17.9 Å². The third-order valence-electron chi connectivity index (χ3n) is 2.33. The first kappa shape index (κ1) is 12.3. The van der Waals surface area contributed by atoms with Crippen molar-refractivity contribution in [3.05, 3.63) is 39.1 Å². The van der Waals surface area contributed by atoms with Gasteiger partial charge in [0.25, 0.3) is 5.91 Å². The summed E-state index contributed by atoms with van der Waals surface area (Å²) in [6, 6.07) is 1.58. The molecule has 0 bridgehead atoms. The van der Waals surface area contributed by atoms with Crippen LogP contribution in [0.3, 0.4) is 0 Å². The molecule has 0 radical (unpaired) electrons. The number of rotatable bonds is 4. The van der Waals surface area contributed by atoms with E-state index in [0.29, 0.717) is 10.2 Å². The molecule has 2 aromatic heterocycles. The van der Waals surface area contributed by atoms with Gasteiger partial charge in [-0.1, -0.05) is 6.92 Å². The molecule has 1 unspecified atom stereocenters. The van der Waals surface area contributed by atoms with Gasteiger partial charge in [-0.25, -0.2) is 4.98 Å². The molecule has 0 spiro atoms. The number of nitrogens with zero attached hydrogens (tertiary/aromatic N) is 1. The number of aromatic nitrogens is 1. The van der Waals surface area contributed by atoms with E-state index >= 15 is 0 Å². The van der Waals surface area contributed by atoms with Crippen LogP contribution in [-0.4, -0.2) is 10.9 Å². The minimum Gasteiger partial charge on any atom is -0.457 e. The van der Waals surface area contributed by atoms with Crippen molar-refractivity contribution in [1.82, 2.24) is 10.3 Å². The maximum atomic E-state index is 12.0. The number of nitrogens with one attached hydrogen (secondary N) is 1. The van der Waals surface area contributed by atoms with E-state index in [2.05, 4.69) is 26.2 Å². The molecule has 0 aromatic carbocycles. The Morgan fingerprint density at radius 3 is 3.06 bits per heavy atom. The maximum absolute atomic E-state index is 12.0. The summed E-state index contributed by atoms with van der Waals surface area (Å²) in [5.74, 6) is -0.160. The highest BCUT2D eigenvalue weighted by Gasteiger charge is 2.18. The summed E-state index contributed by atoms with van der Waals surface area (Å²) >= 11 is 4.73. The Hall–Kier alpha value is -1.14. The second kappa shape index (κ2) is 5.46. The van der Waals surface area contributed by atoms with Crippen molar-refractivity contribution in [2.75, 3.05) is 0 Å². The molecular formula is C11H11BrN2O2S. The minimum atomic E-state index is -0.160. The molecule has 0 aliphatic heterocycles. The Labute approximate surface area is 111 Å². The van der Waals surface area contributed by atoms with Gasteiger partial charge in [0.2, 0.25) is 0 Å². The Kier molecular flexibility index (Phi) is 3.96. The van der Waals surface area contributed by atoms with Crippen LogP contribution in [0.5, 0.6) is 0 Å². The highest BCUT2D eigenvalue weighted by molar-refractivity contribution is 9.10. The van der Waals surface area contributed by atoms with Crippen LogP contribution in [0.1, 0.15) is 34.8 Å². The van der Waals surface area contributed by atoms with E-state index in [0.717, 1.165) is 11.4 Å². The highest BCUT2D eigenvalue weighted by Crippen LogP contribution is 2.22. The molecule has 0 saturated carbocycles. The highest BCUT2D eigenvalue weighted by atomic mass is 79.9. The van der Waals surface area contributed by atoms with Gasteiger partial charge in [-0.15, -0.1) is 11.3 Å². The summed E-state index contributed by atoms with van der Waals surface area (Å²) in [5, 5.41) is 5.75. The molecule has 0 fully saturated rings.